The number of aromatic hydroxyl groups is 1. The van der Waals surface area contributed by atoms with Gasteiger partial charge in [0.1, 0.15) is 22.8 Å². The van der Waals surface area contributed by atoms with Gasteiger partial charge in [-0.2, -0.15) is 0 Å². The Hall–Kier alpha value is -3.95. The van der Waals surface area contributed by atoms with E-state index in [0.29, 0.717) is 5.56 Å². The Bertz CT molecular complexity index is 1480. The number of hydrogen-bond donors (Lipinski definition) is 5. The summed E-state index contributed by atoms with van der Waals surface area (Å²) in [6, 6.07) is 8.16. The zero-order valence-electron chi connectivity index (χ0n) is 21.6. The second-order valence-electron chi connectivity index (χ2n) is 10.8. The number of primary amides is 1. The maximum absolute atomic E-state index is 13.9. The molecule has 2 aromatic carbocycles. The topological polar surface area (TPSA) is 161 Å². The molecule has 0 saturated carbocycles. The number of aliphatic hydroxyl groups is 3. The van der Waals surface area contributed by atoms with Gasteiger partial charge in [0.15, 0.2) is 11.4 Å². The van der Waals surface area contributed by atoms with Crippen molar-refractivity contribution in [1.82, 2.24) is 4.90 Å². The van der Waals surface area contributed by atoms with E-state index in [1.54, 1.807) is 20.2 Å². The van der Waals surface area contributed by atoms with Gasteiger partial charge >= 0.3 is 0 Å². The summed E-state index contributed by atoms with van der Waals surface area (Å²) in [6.07, 6.45) is 0.291. The molecular formula is C29H30N2O7. The van der Waals surface area contributed by atoms with Crippen LogP contribution in [0, 0.1) is 25.7 Å². The molecule has 0 fully saturated rings. The summed E-state index contributed by atoms with van der Waals surface area (Å²) in [5, 5.41) is 44.7. The van der Waals surface area contributed by atoms with Crippen LogP contribution in [-0.2, 0) is 16.0 Å². The van der Waals surface area contributed by atoms with E-state index in [1.807, 2.05) is 32.0 Å². The standard InChI is InChI=1S/C29H30N2O7/c1-12-7-13(2)9-14(8-12)16-5-6-19(32)21-17(16)10-15-11-18-23(31(3)4)25(34)22(28(30)37)27(36)29(18,38)26(35)20(15)24(21)33/h5-9,15,18,23,32,34-35,38H,10-11H2,1-4H3,(H2,30,37)/t15-,18-,23-,29+/m1/s1. The SMILES string of the molecule is Cc1cc(C)cc(-c2ccc(O)c3c2C[C@@H]2C[C@@H]4[C@@H](N(C)C)C(O)=C(C(N)=O)C(=O)[C@@]4(O)C(O)=C2C3=O)c1. The summed E-state index contributed by atoms with van der Waals surface area (Å²) >= 11 is 0. The van der Waals surface area contributed by atoms with Crippen LogP contribution in [0.15, 0.2) is 53.0 Å². The molecule has 0 aliphatic heterocycles. The monoisotopic (exact) mass is 518 g/mol. The van der Waals surface area contributed by atoms with Gasteiger partial charge in [-0.1, -0.05) is 35.4 Å². The Balaban J connectivity index is 1.73. The molecule has 5 rings (SSSR count). The highest BCUT2D eigenvalue weighted by Crippen LogP contribution is 2.53. The lowest BCUT2D eigenvalue weighted by Crippen LogP contribution is -2.63. The molecule has 2 aromatic rings. The second kappa shape index (κ2) is 8.54. The molecule has 9 heteroatoms. The van der Waals surface area contributed by atoms with Gasteiger partial charge in [0, 0.05) is 11.5 Å². The molecule has 0 spiro atoms. The number of nitrogens with zero attached hydrogens (tertiary/aromatic N) is 1. The zero-order valence-corrected chi connectivity index (χ0v) is 21.6. The van der Waals surface area contributed by atoms with E-state index in [-0.39, 0.29) is 29.7 Å². The van der Waals surface area contributed by atoms with Crippen molar-refractivity contribution in [3.8, 4) is 16.9 Å². The fourth-order valence-electron chi connectivity index (χ4n) is 6.65. The number of rotatable bonds is 3. The lowest BCUT2D eigenvalue weighted by molar-refractivity contribution is -0.148. The number of Topliss-reactive ketones (excluding diaryl/α,β-unsaturated/α-hetero) is 2. The third-order valence-corrected chi connectivity index (χ3v) is 8.14. The molecule has 0 saturated heterocycles. The summed E-state index contributed by atoms with van der Waals surface area (Å²) in [5.74, 6) is -6.60. The van der Waals surface area contributed by atoms with Crippen LogP contribution in [0.25, 0.3) is 11.1 Å². The number of fused-ring (bicyclic) bond motifs is 3. The van der Waals surface area contributed by atoms with Crippen LogP contribution in [0.3, 0.4) is 0 Å². The molecule has 0 unspecified atom stereocenters. The predicted molar refractivity (Wildman–Crippen MR) is 139 cm³/mol. The Morgan fingerprint density at radius 1 is 1.05 bits per heavy atom. The number of aliphatic hydroxyl groups excluding tert-OH is 2. The van der Waals surface area contributed by atoms with Gasteiger partial charge in [0.05, 0.1) is 11.6 Å². The van der Waals surface area contributed by atoms with Crippen molar-refractivity contribution >= 4 is 17.5 Å². The van der Waals surface area contributed by atoms with Crippen LogP contribution >= 0.6 is 0 Å². The zero-order chi connectivity index (χ0) is 27.8. The first-order chi connectivity index (χ1) is 17.8. The average molecular weight is 519 g/mol. The number of amides is 1. The Morgan fingerprint density at radius 2 is 1.68 bits per heavy atom. The third kappa shape index (κ3) is 3.42. The minimum Gasteiger partial charge on any atom is -0.510 e. The predicted octanol–water partition coefficient (Wildman–Crippen LogP) is 2.40. The maximum atomic E-state index is 13.9. The Morgan fingerprint density at radius 3 is 2.26 bits per heavy atom. The molecule has 0 aromatic heterocycles. The van der Waals surface area contributed by atoms with Crippen LogP contribution in [0.1, 0.15) is 33.5 Å². The van der Waals surface area contributed by atoms with Crippen LogP contribution < -0.4 is 5.73 Å². The summed E-state index contributed by atoms with van der Waals surface area (Å²) in [6.45, 7) is 3.94. The van der Waals surface area contributed by atoms with E-state index in [9.17, 15) is 34.8 Å². The summed E-state index contributed by atoms with van der Waals surface area (Å²) in [7, 11) is 3.20. The number of hydrogen-bond acceptors (Lipinski definition) is 8. The van der Waals surface area contributed by atoms with Gasteiger partial charge in [0.2, 0.25) is 5.78 Å². The van der Waals surface area contributed by atoms with Gasteiger partial charge in [-0.05, 0) is 69.5 Å². The number of likely N-dealkylation sites (N-methyl/N-ethyl adjacent to an activating group) is 1. The molecule has 3 aliphatic carbocycles. The number of nitrogens with two attached hydrogens (primary N) is 1. The van der Waals surface area contributed by atoms with E-state index in [4.69, 9.17) is 5.73 Å². The van der Waals surface area contributed by atoms with Crippen LogP contribution in [0.5, 0.6) is 5.75 Å². The van der Waals surface area contributed by atoms with Gasteiger partial charge in [-0.3, -0.25) is 19.3 Å². The molecule has 9 nitrogen and oxygen atoms in total. The van der Waals surface area contributed by atoms with Gasteiger partial charge in [-0.25, -0.2) is 0 Å². The fourth-order valence-corrected chi connectivity index (χ4v) is 6.65. The molecular weight excluding hydrogens is 488 g/mol. The van der Waals surface area contributed by atoms with E-state index < -0.39 is 58.0 Å². The van der Waals surface area contributed by atoms with Gasteiger partial charge in [-0.15, -0.1) is 0 Å². The Kier molecular flexibility index (Phi) is 5.77. The largest absolute Gasteiger partial charge is 0.510 e. The number of benzene rings is 2. The van der Waals surface area contributed by atoms with Crippen LogP contribution in [0.2, 0.25) is 0 Å². The summed E-state index contributed by atoms with van der Waals surface area (Å²) < 4.78 is 0. The smallest absolute Gasteiger partial charge is 0.255 e. The van der Waals surface area contributed by atoms with E-state index in [2.05, 4.69) is 0 Å². The quantitative estimate of drug-likeness (QED) is 0.387. The fraction of sp³-hybridized carbons (Fsp3) is 0.345. The molecule has 1 amide bonds. The molecule has 38 heavy (non-hydrogen) atoms. The second-order valence-corrected chi connectivity index (χ2v) is 10.8. The molecule has 0 radical (unpaired) electrons. The highest BCUT2D eigenvalue weighted by molar-refractivity contribution is 6.24. The molecule has 0 heterocycles. The minimum absolute atomic E-state index is 0.00226. The van der Waals surface area contributed by atoms with Crippen molar-refractivity contribution in [1.29, 1.82) is 0 Å². The van der Waals surface area contributed by atoms with E-state index >= 15 is 0 Å². The molecule has 4 atom stereocenters. The molecule has 0 bridgehead atoms. The maximum Gasteiger partial charge on any atom is 0.255 e. The molecule has 6 N–H and O–H groups in total. The lowest BCUT2D eigenvalue weighted by Gasteiger charge is -2.50. The highest BCUT2D eigenvalue weighted by Gasteiger charge is 2.63. The number of phenolic OH excluding ortho intramolecular Hbond substituents is 1. The number of ketones is 2. The van der Waals surface area contributed by atoms with Crippen molar-refractivity contribution in [3.63, 3.8) is 0 Å². The van der Waals surface area contributed by atoms with Crippen molar-refractivity contribution in [3.05, 3.63) is 75.3 Å². The first-order valence-electron chi connectivity index (χ1n) is 12.4. The first-order valence-corrected chi connectivity index (χ1v) is 12.4. The van der Waals surface area contributed by atoms with Crippen LogP contribution in [0.4, 0.5) is 0 Å². The number of phenols is 1. The summed E-state index contributed by atoms with van der Waals surface area (Å²) in [5.41, 5.74) is 6.05. The third-order valence-electron chi connectivity index (χ3n) is 8.14. The lowest BCUT2D eigenvalue weighted by atomic mass is 9.58. The highest BCUT2D eigenvalue weighted by atomic mass is 16.3. The molecule has 3 aliphatic rings. The van der Waals surface area contributed by atoms with E-state index in [0.717, 1.165) is 22.3 Å². The van der Waals surface area contributed by atoms with Crippen molar-refractivity contribution in [2.45, 2.75) is 38.3 Å². The normalized spacial score (nSPS) is 26.8. The van der Waals surface area contributed by atoms with E-state index in [1.165, 1.54) is 11.0 Å². The van der Waals surface area contributed by atoms with Gasteiger partial charge < -0.3 is 26.2 Å². The van der Waals surface area contributed by atoms with Crippen LogP contribution in [-0.4, -0.2) is 68.5 Å². The number of carbonyl (C=O) groups is 3. The first kappa shape index (κ1) is 25.7. The average Bonchev–Trinajstić information content (AvgIpc) is 2.80. The number of carbonyl (C=O) groups excluding carboxylic acids is 3. The van der Waals surface area contributed by atoms with Crippen molar-refractivity contribution < 1.29 is 34.8 Å². The number of aryl methyl sites for hydroxylation is 2. The number of allylic oxidation sites excluding steroid dienone is 1. The minimum atomic E-state index is -2.65. The Labute approximate surface area is 219 Å². The molecule has 198 valence electrons. The van der Waals surface area contributed by atoms with Crippen molar-refractivity contribution in [2.24, 2.45) is 17.6 Å². The van der Waals surface area contributed by atoms with Gasteiger partial charge in [0.25, 0.3) is 5.91 Å². The van der Waals surface area contributed by atoms with Crippen molar-refractivity contribution in [2.75, 3.05) is 14.1 Å². The summed E-state index contributed by atoms with van der Waals surface area (Å²) in [4.78, 5) is 40.9.